The molecule has 1 heterocycles. The summed E-state index contributed by atoms with van der Waals surface area (Å²) in [4.78, 5) is 25.9. The normalized spacial score (nSPS) is 16.9. The van der Waals surface area contributed by atoms with Crippen LogP contribution in [0.4, 0.5) is 0 Å². The molecule has 6 nitrogen and oxygen atoms in total. The van der Waals surface area contributed by atoms with Crippen LogP contribution in [-0.4, -0.2) is 46.5 Å². The van der Waals surface area contributed by atoms with Gasteiger partial charge in [-0.2, -0.15) is 0 Å². The minimum Gasteiger partial charge on any atom is -0.493 e. The Morgan fingerprint density at radius 3 is 2.62 bits per heavy atom. The van der Waals surface area contributed by atoms with Crippen molar-refractivity contribution >= 4 is 46.3 Å². The third-order valence-electron chi connectivity index (χ3n) is 3.96. The highest BCUT2D eigenvalue weighted by Gasteiger charge is 2.40. The van der Waals surface area contributed by atoms with Gasteiger partial charge in [0.25, 0.3) is 5.91 Å². The molecule has 8 heteroatoms. The van der Waals surface area contributed by atoms with Gasteiger partial charge in [-0.1, -0.05) is 49.8 Å². The summed E-state index contributed by atoms with van der Waals surface area (Å²) in [5, 5.41) is 9.49. The van der Waals surface area contributed by atoms with Crippen LogP contribution < -0.4 is 9.47 Å². The van der Waals surface area contributed by atoms with Crippen LogP contribution in [0.3, 0.4) is 0 Å². The van der Waals surface area contributed by atoms with E-state index in [0.717, 1.165) is 23.7 Å². The van der Waals surface area contributed by atoms with Crippen LogP contribution in [0, 0.1) is 0 Å². The topological polar surface area (TPSA) is 76.1 Å². The number of aliphatic carboxylic acids is 1. The highest BCUT2D eigenvalue weighted by Crippen LogP contribution is 2.36. The van der Waals surface area contributed by atoms with Gasteiger partial charge in [0.15, 0.2) is 11.5 Å². The lowest BCUT2D eigenvalue weighted by molar-refractivity contribution is -0.145. The molecule has 0 aliphatic carbocycles. The van der Waals surface area contributed by atoms with Crippen molar-refractivity contribution in [1.29, 1.82) is 0 Å². The van der Waals surface area contributed by atoms with E-state index >= 15 is 0 Å². The van der Waals surface area contributed by atoms with E-state index in [1.165, 1.54) is 12.0 Å². The molecule has 1 aliphatic rings. The third kappa shape index (κ3) is 4.37. The van der Waals surface area contributed by atoms with E-state index in [4.69, 9.17) is 21.7 Å². The van der Waals surface area contributed by atoms with Crippen LogP contribution in [0.2, 0.25) is 0 Å². The first-order valence-corrected chi connectivity index (χ1v) is 9.37. The molecule has 0 unspecified atom stereocenters. The SMILES string of the molecule is CCCC[C@H](C(=O)O)N1C(=O)/C(=C/c2ccc(OC)c(OC)c2)SC1=S. The van der Waals surface area contributed by atoms with Crippen molar-refractivity contribution in [1.82, 2.24) is 4.90 Å². The molecule has 1 N–H and O–H groups in total. The molecule has 1 aromatic rings. The molecule has 0 radical (unpaired) electrons. The maximum absolute atomic E-state index is 12.7. The number of amides is 1. The molecular formula is C18H21NO5S2. The molecule has 1 atom stereocenters. The molecule has 1 fully saturated rings. The largest absolute Gasteiger partial charge is 0.493 e. The maximum Gasteiger partial charge on any atom is 0.326 e. The van der Waals surface area contributed by atoms with Gasteiger partial charge in [0, 0.05) is 0 Å². The van der Waals surface area contributed by atoms with Crippen molar-refractivity contribution in [2.24, 2.45) is 0 Å². The number of carbonyl (C=O) groups excluding carboxylic acids is 1. The quantitative estimate of drug-likeness (QED) is 0.533. The van der Waals surface area contributed by atoms with Crippen molar-refractivity contribution in [3.8, 4) is 11.5 Å². The Balaban J connectivity index is 2.29. The van der Waals surface area contributed by atoms with Crippen LogP contribution in [0.1, 0.15) is 31.7 Å². The number of nitrogens with zero attached hydrogens (tertiary/aromatic N) is 1. The molecule has 1 saturated heterocycles. The van der Waals surface area contributed by atoms with Gasteiger partial charge in [-0.05, 0) is 30.2 Å². The molecule has 0 saturated carbocycles. The van der Waals surface area contributed by atoms with E-state index in [-0.39, 0.29) is 10.2 Å². The molecule has 1 amide bonds. The van der Waals surface area contributed by atoms with Crippen molar-refractivity contribution in [3.63, 3.8) is 0 Å². The standard InChI is InChI=1S/C18H21NO5S2/c1-4-5-6-12(17(21)22)19-16(20)15(26-18(19)25)10-11-7-8-13(23-2)14(9-11)24-3/h7-10,12H,4-6H2,1-3H3,(H,21,22)/b15-10-/t12-/m1/s1. The summed E-state index contributed by atoms with van der Waals surface area (Å²) >= 11 is 6.38. The average molecular weight is 396 g/mol. The zero-order chi connectivity index (χ0) is 19.3. The van der Waals surface area contributed by atoms with Crippen molar-refractivity contribution in [2.45, 2.75) is 32.2 Å². The van der Waals surface area contributed by atoms with Gasteiger partial charge in [-0.3, -0.25) is 9.69 Å². The fraction of sp³-hybridized carbons (Fsp3) is 0.389. The fourth-order valence-electron chi connectivity index (χ4n) is 2.60. The number of carboxylic acids is 1. The van der Waals surface area contributed by atoms with E-state index in [2.05, 4.69) is 0 Å². The monoisotopic (exact) mass is 395 g/mol. The lowest BCUT2D eigenvalue weighted by Gasteiger charge is -2.22. The van der Waals surface area contributed by atoms with Crippen molar-refractivity contribution in [3.05, 3.63) is 28.7 Å². The molecular weight excluding hydrogens is 374 g/mol. The predicted octanol–water partition coefficient (Wildman–Crippen LogP) is 3.55. The summed E-state index contributed by atoms with van der Waals surface area (Å²) in [7, 11) is 3.08. The summed E-state index contributed by atoms with van der Waals surface area (Å²) in [6, 6.07) is 4.35. The lowest BCUT2D eigenvalue weighted by atomic mass is 10.1. The molecule has 0 bridgehead atoms. The second-order valence-electron chi connectivity index (χ2n) is 5.66. The first-order valence-electron chi connectivity index (χ1n) is 8.14. The molecule has 1 aliphatic heterocycles. The summed E-state index contributed by atoms with van der Waals surface area (Å²) in [5.74, 6) is -0.286. The zero-order valence-corrected chi connectivity index (χ0v) is 16.5. The van der Waals surface area contributed by atoms with Gasteiger partial charge >= 0.3 is 5.97 Å². The smallest absolute Gasteiger partial charge is 0.326 e. The number of carbonyl (C=O) groups is 2. The highest BCUT2D eigenvalue weighted by molar-refractivity contribution is 8.26. The maximum atomic E-state index is 12.7. The predicted molar refractivity (Wildman–Crippen MR) is 106 cm³/mol. The van der Waals surface area contributed by atoms with E-state index in [0.29, 0.717) is 29.2 Å². The Kier molecular flexibility index (Phi) is 7.05. The number of carboxylic acid groups (broad SMARTS) is 1. The van der Waals surface area contributed by atoms with Crippen molar-refractivity contribution < 1.29 is 24.2 Å². The Morgan fingerprint density at radius 1 is 1.35 bits per heavy atom. The molecule has 0 aromatic heterocycles. The number of ether oxygens (including phenoxy) is 2. The van der Waals surface area contributed by atoms with Gasteiger partial charge in [0.1, 0.15) is 10.4 Å². The average Bonchev–Trinajstić information content (AvgIpc) is 2.89. The van der Waals surface area contributed by atoms with Gasteiger partial charge < -0.3 is 14.6 Å². The van der Waals surface area contributed by atoms with Crippen LogP contribution in [0.15, 0.2) is 23.1 Å². The lowest BCUT2D eigenvalue weighted by Crippen LogP contribution is -2.43. The minimum atomic E-state index is -1.04. The fourth-order valence-corrected chi connectivity index (χ4v) is 3.96. The number of unbranched alkanes of at least 4 members (excludes halogenated alkanes) is 1. The Bertz CT molecular complexity index is 747. The zero-order valence-electron chi connectivity index (χ0n) is 14.9. The highest BCUT2D eigenvalue weighted by atomic mass is 32.2. The minimum absolute atomic E-state index is 0.269. The van der Waals surface area contributed by atoms with Crippen LogP contribution in [0.25, 0.3) is 6.08 Å². The van der Waals surface area contributed by atoms with Gasteiger partial charge in [0.05, 0.1) is 19.1 Å². The number of rotatable bonds is 8. The van der Waals surface area contributed by atoms with Gasteiger partial charge in [0.2, 0.25) is 0 Å². The van der Waals surface area contributed by atoms with E-state index < -0.39 is 12.0 Å². The number of benzene rings is 1. The molecule has 1 aromatic carbocycles. The third-order valence-corrected chi connectivity index (χ3v) is 5.29. The second kappa shape index (κ2) is 9.05. The Labute approximate surface area is 162 Å². The summed E-state index contributed by atoms with van der Waals surface area (Å²) < 4.78 is 10.7. The van der Waals surface area contributed by atoms with E-state index in [9.17, 15) is 14.7 Å². The molecule has 26 heavy (non-hydrogen) atoms. The second-order valence-corrected chi connectivity index (χ2v) is 7.34. The van der Waals surface area contributed by atoms with Gasteiger partial charge in [-0.25, -0.2) is 4.79 Å². The number of hydrogen-bond acceptors (Lipinski definition) is 6. The summed E-state index contributed by atoms with van der Waals surface area (Å²) in [5.41, 5.74) is 0.739. The number of thioether (sulfide) groups is 1. The molecule has 0 spiro atoms. The first-order chi connectivity index (χ1) is 12.4. The number of thiocarbonyl (C=S) groups is 1. The van der Waals surface area contributed by atoms with Crippen LogP contribution in [-0.2, 0) is 9.59 Å². The molecule has 2 rings (SSSR count). The first kappa shape index (κ1) is 20.3. The van der Waals surface area contributed by atoms with Gasteiger partial charge in [-0.15, -0.1) is 0 Å². The van der Waals surface area contributed by atoms with Crippen LogP contribution >= 0.6 is 24.0 Å². The number of methoxy groups -OCH3 is 2. The van der Waals surface area contributed by atoms with E-state index in [1.54, 1.807) is 31.4 Å². The molecule has 140 valence electrons. The van der Waals surface area contributed by atoms with E-state index in [1.807, 2.05) is 6.92 Å². The van der Waals surface area contributed by atoms with Crippen LogP contribution in [0.5, 0.6) is 11.5 Å². The summed E-state index contributed by atoms with van der Waals surface area (Å²) in [6.07, 6.45) is 3.62. The Morgan fingerprint density at radius 2 is 2.04 bits per heavy atom. The summed E-state index contributed by atoms with van der Waals surface area (Å²) in [6.45, 7) is 1.97. The Hall–Kier alpha value is -2.06. The van der Waals surface area contributed by atoms with Crippen molar-refractivity contribution in [2.75, 3.05) is 14.2 Å². The number of hydrogen-bond donors (Lipinski definition) is 1.